The Bertz CT molecular complexity index is 427. The fourth-order valence-corrected chi connectivity index (χ4v) is 1.71. The summed E-state index contributed by atoms with van der Waals surface area (Å²) < 4.78 is 4.35. The Kier molecular flexibility index (Phi) is 2.85. The second-order valence-electron chi connectivity index (χ2n) is 3.56. The highest BCUT2D eigenvalue weighted by Gasteiger charge is 2.01. The highest BCUT2D eigenvalue weighted by atomic mass is 15.1. The summed E-state index contributed by atoms with van der Waals surface area (Å²) in [5.74, 6) is 2.21. The molecule has 80 valence electrons. The van der Waals surface area contributed by atoms with Crippen molar-refractivity contribution >= 4 is 0 Å². The van der Waals surface area contributed by atoms with Gasteiger partial charge in [0.05, 0.1) is 0 Å². The number of aromatic nitrogens is 4. The summed E-state index contributed by atoms with van der Waals surface area (Å²) in [6.45, 7) is 6.06. The zero-order valence-electron chi connectivity index (χ0n) is 9.22. The number of rotatable bonds is 4. The first-order valence-corrected chi connectivity index (χ1v) is 5.29. The number of hydrogen-bond acceptors (Lipinski definition) is 2. The highest BCUT2D eigenvalue weighted by molar-refractivity contribution is 4.93. The third-order valence-corrected chi connectivity index (χ3v) is 2.62. The molecule has 2 rings (SSSR count). The van der Waals surface area contributed by atoms with E-state index in [4.69, 9.17) is 0 Å². The molecule has 4 heteroatoms. The molecule has 0 aliphatic rings. The van der Waals surface area contributed by atoms with Crippen molar-refractivity contribution in [3.63, 3.8) is 0 Å². The van der Waals surface area contributed by atoms with Crippen molar-refractivity contribution < 1.29 is 0 Å². The van der Waals surface area contributed by atoms with Gasteiger partial charge in [-0.25, -0.2) is 9.97 Å². The van der Waals surface area contributed by atoms with Gasteiger partial charge < -0.3 is 9.13 Å². The summed E-state index contributed by atoms with van der Waals surface area (Å²) >= 11 is 0. The molecule has 2 aromatic rings. The van der Waals surface area contributed by atoms with Crippen LogP contribution >= 0.6 is 0 Å². The molecule has 0 aliphatic heterocycles. The summed E-state index contributed by atoms with van der Waals surface area (Å²) in [7, 11) is 0. The van der Waals surface area contributed by atoms with Crippen LogP contribution in [0.5, 0.6) is 0 Å². The molecular formula is C11H16N4. The van der Waals surface area contributed by atoms with Crippen LogP contribution in [0.3, 0.4) is 0 Å². The number of nitrogens with zero attached hydrogens (tertiary/aromatic N) is 4. The molecule has 0 saturated heterocycles. The molecule has 0 N–H and O–H groups in total. The molecule has 0 unspecified atom stereocenters. The van der Waals surface area contributed by atoms with Crippen LogP contribution in [-0.4, -0.2) is 19.1 Å². The molecule has 0 spiro atoms. The average Bonchev–Trinajstić information content (AvgIpc) is 2.83. The quantitative estimate of drug-likeness (QED) is 0.759. The molecule has 0 aliphatic carbocycles. The third-order valence-electron chi connectivity index (χ3n) is 2.62. The molecule has 0 bridgehead atoms. The predicted molar refractivity (Wildman–Crippen MR) is 58.6 cm³/mol. The maximum atomic E-state index is 4.30. The fourth-order valence-electron chi connectivity index (χ4n) is 1.71. The van der Waals surface area contributed by atoms with Crippen LogP contribution in [0.4, 0.5) is 0 Å². The Morgan fingerprint density at radius 1 is 1.07 bits per heavy atom. The van der Waals surface area contributed by atoms with E-state index < -0.39 is 0 Å². The second-order valence-corrected chi connectivity index (χ2v) is 3.56. The Labute approximate surface area is 89.6 Å². The van der Waals surface area contributed by atoms with Crippen molar-refractivity contribution in [3.05, 3.63) is 36.4 Å². The lowest BCUT2D eigenvalue weighted by Gasteiger charge is -2.08. The molecule has 0 radical (unpaired) electrons. The van der Waals surface area contributed by atoms with Crippen molar-refractivity contribution in [2.24, 2.45) is 0 Å². The maximum Gasteiger partial charge on any atom is 0.108 e. The minimum absolute atomic E-state index is 0.954. The Morgan fingerprint density at radius 2 is 1.73 bits per heavy atom. The molecule has 15 heavy (non-hydrogen) atoms. The van der Waals surface area contributed by atoms with Gasteiger partial charge in [0.2, 0.25) is 0 Å². The van der Waals surface area contributed by atoms with Crippen LogP contribution in [0.1, 0.15) is 18.6 Å². The van der Waals surface area contributed by atoms with Crippen LogP contribution in [0.25, 0.3) is 0 Å². The summed E-state index contributed by atoms with van der Waals surface area (Å²) in [4.78, 5) is 8.49. The van der Waals surface area contributed by atoms with Gasteiger partial charge in [-0.05, 0) is 6.92 Å². The molecule has 0 atom stereocenters. The molecule has 0 fully saturated rings. The predicted octanol–water partition coefficient (Wildman–Crippen LogP) is 1.65. The molecule has 4 nitrogen and oxygen atoms in total. The molecule has 0 aromatic carbocycles. The van der Waals surface area contributed by atoms with Crippen LogP contribution in [-0.2, 0) is 19.5 Å². The zero-order chi connectivity index (χ0) is 10.7. The summed E-state index contributed by atoms with van der Waals surface area (Å²) in [6, 6.07) is 0. The lowest BCUT2D eigenvalue weighted by atomic mass is 10.4. The van der Waals surface area contributed by atoms with Gasteiger partial charge in [-0.3, -0.25) is 0 Å². The van der Waals surface area contributed by atoms with Gasteiger partial charge in [-0.1, -0.05) is 6.92 Å². The van der Waals surface area contributed by atoms with Gasteiger partial charge in [0.1, 0.15) is 11.6 Å². The molecule has 0 amide bonds. The van der Waals surface area contributed by atoms with E-state index >= 15 is 0 Å². The first kappa shape index (κ1) is 9.96. The minimum atomic E-state index is 0.954. The molecular weight excluding hydrogens is 188 g/mol. The Hall–Kier alpha value is -1.58. The van der Waals surface area contributed by atoms with Gasteiger partial charge in [-0.2, -0.15) is 0 Å². The Morgan fingerprint density at radius 3 is 2.40 bits per heavy atom. The first-order chi connectivity index (χ1) is 7.31. The van der Waals surface area contributed by atoms with Crippen molar-refractivity contribution in [2.45, 2.75) is 33.4 Å². The zero-order valence-corrected chi connectivity index (χ0v) is 9.22. The van der Waals surface area contributed by atoms with E-state index in [1.54, 1.807) is 0 Å². The van der Waals surface area contributed by atoms with Crippen LogP contribution < -0.4 is 0 Å². The van der Waals surface area contributed by atoms with Gasteiger partial charge >= 0.3 is 0 Å². The minimum Gasteiger partial charge on any atom is -0.333 e. The van der Waals surface area contributed by atoms with E-state index in [0.717, 1.165) is 31.2 Å². The lowest BCUT2D eigenvalue weighted by Crippen LogP contribution is -2.09. The van der Waals surface area contributed by atoms with E-state index in [2.05, 4.69) is 26.0 Å². The largest absolute Gasteiger partial charge is 0.333 e. The maximum absolute atomic E-state index is 4.30. The summed E-state index contributed by atoms with van der Waals surface area (Å²) in [5, 5.41) is 0. The average molecular weight is 204 g/mol. The first-order valence-electron chi connectivity index (χ1n) is 5.29. The number of imidazole rings is 2. The standard InChI is InChI=1S/C11H16N4/c1-3-11-13-5-7-15(11)9-8-14-6-4-12-10(14)2/h4-7H,3,8-9H2,1-2H3. The van der Waals surface area contributed by atoms with Crippen LogP contribution in [0, 0.1) is 6.92 Å². The van der Waals surface area contributed by atoms with Gasteiger partial charge in [0, 0.05) is 44.3 Å². The van der Waals surface area contributed by atoms with Gasteiger partial charge in [0.15, 0.2) is 0 Å². The van der Waals surface area contributed by atoms with Crippen molar-refractivity contribution in [1.82, 2.24) is 19.1 Å². The van der Waals surface area contributed by atoms with E-state index in [9.17, 15) is 0 Å². The van der Waals surface area contributed by atoms with Gasteiger partial charge in [0.25, 0.3) is 0 Å². The SMILES string of the molecule is CCc1nccn1CCn1ccnc1C. The smallest absolute Gasteiger partial charge is 0.108 e. The van der Waals surface area contributed by atoms with E-state index in [1.165, 1.54) is 0 Å². The molecule has 2 heterocycles. The van der Waals surface area contributed by atoms with Crippen molar-refractivity contribution in [3.8, 4) is 0 Å². The lowest BCUT2D eigenvalue weighted by molar-refractivity contribution is 0.552. The number of hydrogen-bond donors (Lipinski definition) is 0. The fraction of sp³-hybridized carbons (Fsp3) is 0.455. The van der Waals surface area contributed by atoms with Crippen molar-refractivity contribution in [2.75, 3.05) is 0 Å². The van der Waals surface area contributed by atoms with E-state index in [0.29, 0.717) is 0 Å². The second kappa shape index (κ2) is 4.29. The number of aryl methyl sites for hydroxylation is 4. The van der Waals surface area contributed by atoms with Crippen LogP contribution in [0.2, 0.25) is 0 Å². The van der Waals surface area contributed by atoms with Crippen molar-refractivity contribution in [1.29, 1.82) is 0 Å². The topological polar surface area (TPSA) is 35.6 Å². The molecule has 0 saturated carbocycles. The van der Waals surface area contributed by atoms with E-state index in [1.807, 2.05) is 31.7 Å². The monoisotopic (exact) mass is 204 g/mol. The summed E-state index contributed by atoms with van der Waals surface area (Å²) in [6.07, 6.45) is 8.72. The third kappa shape index (κ3) is 2.09. The van der Waals surface area contributed by atoms with E-state index in [-0.39, 0.29) is 0 Å². The molecule has 2 aromatic heterocycles. The van der Waals surface area contributed by atoms with Gasteiger partial charge in [-0.15, -0.1) is 0 Å². The van der Waals surface area contributed by atoms with Crippen LogP contribution in [0.15, 0.2) is 24.8 Å². The highest BCUT2D eigenvalue weighted by Crippen LogP contribution is 2.01. The summed E-state index contributed by atoms with van der Waals surface area (Å²) in [5.41, 5.74) is 0. The Balaban J connectivity index is 2.02. The normalized spacial score (nSPS) is 10.8.